The summed E-state index contributed by atoms with van der Waals surface area (Å²) in [6.07, 6.45) is 0. The molecule has 0 amide bonds. The van der Waals surface area contributed by atoms with Gasteiger partial charge < -0.3 is 0 Å². The van der Waals surface area contributed by atoms with E-state index in [1.165, 1.54) is 33.4 Å². The molecule has 0 saturated carbocycles. The molecule has 0 nitrogen and oxygen atoms in total. The summed E-state index contributed by atoms with van der Waals surface area (Å²) in [4.78, 5) is 0. The maximum Gasteiger partial charge on any atom is 0.0158 e. The second kappa shape index (κ2) is 5.14. The van der Waals surface area contributed by atoms with Crippen LogP contribution in [-0.2, 0) is 5.41 Å². The Morgan fingerprint density at radius 3 is 2.00 bits per heavy atom. The molecule has 1 aliphatic carbocycles. The summed E-state index contributed by atoms with van der Waals surface area (Å²) in [6.45, 7) is 4.64. The lowest BCUT2D eigenvalue weighted by Crippen LogP contribution is -2.14. The Morgan fingerprint density at radius 2 is 1.23 bits per heavy atom. The minimum Gasteiger partial charge on any atom is -0.0776 e. The predicted octanol–water partition coefficient (Wildman–Crippen LogP) is 6.30. The van der Waals surface area contributed by atoms with Crippen molar-refractivity contribution in [1.82, 2.24) is 0 Å². The van der Waals surface area contributed by atoms with Crippen molar-refractivity contribution in [2.45, 2.75) is 26.7 Å². The van der Waals surface area contributed by atoms with Crippen molar-refractivity contribution in [3.8, 4) is 22.3 Å². The molecule has 22 heavy (non-hydrogen) atoms. The van der Waals surface area contributed by atoms with Crippen molar-refractivity contribution in [3.05, 3.63) is 83.9 Å². The van der Waals surface area contributed by atoms with Crippen LogP contribution >= 0.6 is 0 Å². The molecule has 0 spiro atoms. The molecule has 3 aromatic carbocycles. The van der Waals surface area contributed by atoms with Crippen molar-refractivity contribution in [2.75, 3.05) is 0 Å². The fourth-order valence-electron chi connectivity index (χ4n) is 3.53. The maximum atomic E-state index is 2.35. The van der Waals surface area contributed by atoms with Gasteiger partial charge in [0.2, 0.25) is 0 Å². The van der Waals surface area contributed by atoms with Gasteiger partial charge in [-0.25, -0.2) is 0 Å². The second-order valence-corrected chi connectivity index (χ2v) is 6.30. The monoisotopic (exact) mass is 286 g/mol. The number of benzene rings is 3. The van der Waals surface area contributed by atoms with Gasteiger partial charge in [0.05, 0.1) is 0 Å². The first-order valence-electron chi connectivity index (χ1n) is 7.48. The summed E-state index contributed by atoms with van der Waals surface area (Å²) in [7, 11) is 0. The van der Waals surface area contributed by atoms with E-state index in [2.05, 4.69) is 86.6 Å². The van der Waals surface area contributed by atoms with Crippen LogP contribution in [0.15, 0.2) is 72.8 Å². The van der Waals surface area contributed by atoms with Crippen LogP contribution in [0.2, 0.25) is 0 Å². The lowest BCUT2D eigenvalue weighted by Gasteiger charge is -2.21. The molecule has 0 bridgehead atoms. The third kappa shape index (κ3) is 1.99. The minimum absolute atomic E-state index is 0. The summed E-state index contributed by atoms with van der Waals surface area (Å²) in [5, 5.41) is 0. The molecule has 0 saturated heterocycles. The van der Waals surface area contributed by atoms with Gasteiger partial charge in [0, 0.05) is 5.41 Å². The zero-order chi connectivity index (χ0) is 14.4. The van der Waals surface area contributed by atoms with Crippen LogP contribution < -0.4 is 0 Å². The fraction of sp³-hybridized carbons (Fsp3) is 0.182. The molecule has 0 fully saturated rings. The van der Waals surface area contributed by atoms with Gasteiger partial charge in [-0.15, -0.1) is 0 Å². The Labute approximate surface area is 133 Å². The highest BCUT2D eigenvalue weighted by atomic mass is 14.4. The first-order valence-corrected chi connectivity index (χ1v) is 7.48. The molecule has 0 atom stereocenters. The Bertz CT molecular complexity index is 810. The van der Waals surface area contributed by atoms with Gasteiger partial charge in [0.15, 0.2) is 0 Å². The van der Waals surface area contributed by atoms with Gasteiger partial charge in [-0.1, -0.05) is 88.0 Å². The Kier molecular flexibility index (Phi) is 3.41. The number of fused-ring (bicyclic) bond motifs is 3. The molecule has 110 valence electrons. The first-order chi connectivity index (χ1) is 10.2. The van der Waals surface area contributed by atoms with Crippen molar-refractivity contribution < 1.29 is 0 Å². The van der Waals surface area contributed by atoms with E-state index in [-0.39, 0.29) is 12.8 Å². The third-order valence-corrected chi connectivity index (χ3v) is 4.69. The molecule has 0 aromatic heterocycles. The standard InChI is InChI=1S/C21H18.CH4/c1-21(2)19-11-7-6-10-17(19)18-14-16(12-13-20(18)21)15-8-4-3-5-9-15;/h3-14H,1-2H3;1H4. The van der Waals surface area contributed by atoms with Gasteiger partial charge >= 0.3 is 0 Å². The van der Waals surface area contributed by atoms with Crippen LogP contribution in [-0.4, -0.2) is 0 Å². The summed E-state index contributed by atoms with van der Waals surface area (Å²) < 4.78 is 0. The highest BCUT2D eigenvalue weighted by molar-refractivity contribution is 5.84. The Hall–Kier alpha value is -2.34. The van der Waals surface area contributed by atoms with Crippen LogP contribution in [0, 0.1) is 0 Å². The predicted molar refractivity (Wildman–Crippen MR) is 96.2 cm³/mol. The number of hydrogen-bond acceptors (Lipinski definition) is 0. The average molecular weight is 286 g/mol. The lowest BCUT2D eigenvalue weighted by molar-refractivity contribution is 0.660. The normalized spacial score (nSPS) is 13.9. The zero-order valence-corrected chi connectivity index (χ0v) is 12.4. The van der Waals surface area contributed by atoms with Crippen LogP contribution in [0.1, 0.15) is 32.4 Å². The van der Waals surface area contributed by atoms with Crippen molar-refractivity contribution >= 4 is 0 Å². The summed E-state index contributed by atoms with van der Waals surface area (Å²) in [5.74, 6) is 0. The van der Waals surface area contributed by atoms with E-state index in [9.17, 15) is 0 Å². The van der Waals surface area contributed by atoms with E-state index < -0.39 is 0 Å². The number of rotatable bonds is 1. The van der Waals surface area contributed by atoms with Gasteiger partial charge in [-0.2, -0.15) is 0 Å². The molecule has 0 N–H and O–H groups in total. The third-order valence-electron chi connectivity index (χ3n) is 4.69. The van der Waals surface area contributed by atoms with E-state index >= 15 is 0 Å². The summed E-state index contributed by atoms with van der Waals surface area (Å²) in [5.41, 5.74) is 8.31. The largest absolute Gasteiger partial charge is 0.0776 e. The van der Waals surface area contributed by atoms with E-state index in [1.54, 1.807) is 0 Å². The van der Waals surface area contributed by atoms with E-state index in [0.29, 0.717) is 0 Å². The zero-order valence-electron chi connectivity index (χ0n) is 12.4. The van der Waals surface area contributed by atoms with Crippen LogP contribution in [0.5, 0.6) is 0 Å². The van der Waals surface area contributed by atoms with Crippen molar-refractivity contribution in [2.24, 2.45) is 0 Å². The van der Waals surface area contributed by atoms with Gasteiger partial charge in [-0.3, -0.25) is 0 Å². The maximum absolute atomic E-state index is 2.35. The number of hydrogen-bond donors (Lipinski definition) is 0. The Morgan fingerprint density at radius 1 is 0.591 bits per heavy atom. The SMILES string of the molecule is C.CC1(C)c2ccccc2-c2cc(-c3ccccc3)ccc21. The molecule has 0 aliphatic heterocycles. The van der Waals surface area contributed by atoms with E-state index in [1.807, 2.05) is 0 Å². The molecule has 1 aliphatic rings. The van der Waals surface area contributed by atoms with Crippen LogP contribution in [0.3, 0.4) is 0 Å². The van der Waals surface area contributed by atoms with E-state index in [0.717, 1.165) is 0 Å². The van der Waals surface area contributed by atoms with Gasteiger partial charge in [0.25, 0.3) is 0 Å². The topological polar surface area (TPSA) is 0 Å². The second-order valence-electron chi connectivity index (χ2n) is 6.30. The molecule has 0 heterocycles. The van der Waals surface area contributed by atoms with E-state index in [4.69, 9.17) is 0 Å². The molecule has 3 aromatic rings. The molecule has 0 heteroatoms. The van der Waals surface area contributed by atoms with Gasteiger partial charge in [-0.05, 0) is 39.4 Å². The molecule has 0 radical (unpaired) electrons. The molecule has 0 unspecified atom stereocenters. The highest BCUT2D eigenvalue weighted by Gasteiger charge is 2.34. The van der Waals surface area contributed by atoms with Crippen LogP contribution in [0.25, 0.3) is 22.3 Å². The average Bonchev–Trinajstić information content (AvgIpc) is 2.77. The smallest absolute Gasteiger partial charge is 0.0158 e. The van der Waals surface area contributed by atoms with Crippen molar-refractivity contribution in [1.29, 1.82) is 0 Å². The Balaban J connectivity index is 0.00000144. The van der Waals surface area contributed by atoms with Crippen molar-refractivity contribution in [3.63, 3.8) is 0 Å². The summed E-state index contributed by atoms with van der Waals surface area (Å²) in [6, 6.07) is 26.3. The lowest BCUT2D eigenvalue weighted by atomic mass is 9.82. The minimum atomic E-state index is 0. The molecular formula is C22H22. The van der Waals surface area contributed by atoms with Gasteiger partial charge in [0.1, 0.15) is 0 Å². The first kappa shape index (κ1) is 14.6. The van der Waals surface area contributed by atoms with Crippen LogP contribution in [0.4, 0.5) is 0 Å². The summed E-state index contributed by atoms with van der Waals surface area (Å²) >= 11 is 0. The molecule has 4 rings (SSSR count). The quantitative estimate of drug-likeness (QED) is 0.492. The highest BCUT2D eigenvalue weighted by Crippen LogP contribution is 2.49. The fourth-order valence-corrected chi connectivity index (χ4v) is 3.53. The molecular weight excluding hydrogens is 264 g/mol.